The number of ether oxygens (including phenoxy) is 2. The highest BCUT2D eigenvalue weighted by Gasteiger charge is 2.13. The van der Waals surface area contributed by atoms with Crippen LogP contribution in [0.15, 0.2) is 0 Å². The molecule has 1 aliphatic heterocycles. The maximum atomic E-state index is 5.40. The first kappa shape index (κ1) is 8.90. The van der Waals surface area contributed by atoms with E-state index in [0.717, 1.165) is 26.1 Å². The summed E-state index contributed by atoms with van der Waals surface area (Å²) in [5.41, 5.74) is 5.28. The Balaban J connectivity index is 2.09. The van der Waals surface area contributed by atoms with Gasteiger partial charge in [-0.05, 0) is 12.8 Å². The molecule has 0 bridgehead atoms. The maximum Gasteiger partial charge on any atom is 0.0989 e. The summed E-state index contributed by atoms with van der Waals surface area (Å²) in [6, 6.07) is 0. The molecule has 1 heterocycles. The topological polar surface area (TPSA) is 44.5 Å². The van der Waals surface area contributed by atoms with Crippen molar-refractivity contribution in [1.82, 2.24) is 0 Å². The summed E-state index contributed by atoms with van der Waals surface area (Å²) >= 11 is 4.69. The van der Waals surface area contributed by atoms with E-state index in [2.05, 4.69) is 12.2 Å². The van der Waals surface area contributed by atoms with E-state index in [0.29, 0.717) is 17.7 Å². The molecule has 0 amide bonds. The van der Waals surface area contributed by atoms with Crippen molar-refractivity contribution in [3.63, 3.8) is 0 Å². The predicted octanol–water partition coefficient (Wildman–Crippen LogP) is 0.468. The van der Waals surface area contributed by atoms with Gasteiger partial charge in [-0.25, -0.2) is 0 Å². The van der Waals surface area contributed by atoms with E-state index in [1.165, 1.54) is 0 Å². The molecule has 4 heteroatoms. The molecule has 2 N–H and O–H groups in total. The van der Waals surface area contributed by atoms with E-state index in [1.54, 1.807) is 0 Å². The molecule has 0 atom stereocenters. The fourth-order valence-electron chi connectivity index (χ4n) is 1.04. The minimum atomic E-state index is 0.297. The van der Waals surface area contributed by atoms with Crippen molar-refractivity contribution in [2.45, 2.75) is 18.9 Å². The Morgan fingerprint density at radius 2 is 2.18 bits per heavy atom. The van der Waals surface area contributed by atoms with Crippen molar-refractivity contribution in [3.05, 3.63) is 0 Å². The molecular weight excluding hydrogens is 162 g/mol. The molecule has 0 saturated carbocycles. The van der Waals surface area contributed by atoms with Crippen molar-refractivity contribution >= 4 is 17.2 Å². The van der Waals surface area contributed by atoms with E-state index < -0.39 is 0 Å². The molecule has 11 heavy (non-hydrogen) atoms. The zero-order valence-corrected chi connectivity index (χ0v) is 7.23. The van der Waals surface area contributed by atoms with Gasteiger partial charge < -0.3 is 15.2 Å². The van der Waals surface area contributed by atoms with E-state index in [4.69, 9.17) is 15.2 Å². The van der Waals surface area contributed by atoms with Crippen LogP contribution in [0.1, 0.15) is 12.8 Å². The highest BCUT2D eigenvalue weighted by molar-refractivity contribution is 7.80. The second-order valence-corrected chi connectivity index (χ2v) is 3.11. The van der Waals surface area contributed by atoms with Crippen LogP contribution in [0.25, 0.3) is 0 Å². The third-order valence-electron chi connectivity index (χ3n) is 1.63. The highest BCUT2D eigenvalue weighted by atomic mass is 32.1. The van der Waals surface area contributed by atoms with E-state index in [-0.39, 0.29) is 0 Å². The lowest BCUT2D eigenvalue weighted by molar-refractivity contribution is -0.0187. The third kappa shape index (κ3) is 3.65. The molecule has 0 aromatic carbocycles. The van der Waals surface area contributed by atoms with Gasteiger partial charge in [0.1, 0.15) is 0 Å². The fraction of sp³-hybridized carbons (Fsp3) is 0.857. The van der Waals surface area contributed by atoms with Crippen molar-refractivity contribution in [2.75, 3.05) is 19.8 Å². The summed E-state index contributed by atoms with van der Waals surface area (Å²) in [6.45, 7) is 1.99. The first-order chi connectivity index (χ1) is 5.29. The summed E-state index contributed by atoms with van der Waals surface area (Å²) in [5, 5.41) is 0. The quantitative estimate of drug-likeness (QED) is 0.633. The average molecular weight is 175 g/mol. The normalized spacial score (nSPS) is 20.0. The Labute approximate surface area is 71.8 Å². The lowest BCUT2D eigenvalue weighted by atomic mass is 10.2. The molecule has 3 nitrogen and oxygen atoms in total. The van der Waals surface area contributed by atoms with Crippen LogP contribution in [0.4, 0.5) is 0 Å². The number of hydrogen-bond donors (Lipinski definition) is 1. The lowest BCUT2D eigenvalue weighted by Crippen LogP contribution is -2.27. The van der Waals surface area contributed by atoms with Crippen LogP contribution < -0.4 is 5.73 Å². The Bertz CT molecular complexity index is 134. The molecule has 1 rings (SSSR count). The highest BCUT2D eigenvalue weighted by Crippen LogP contribution is 2.09. The predicted molar refractivity (Wildman–Crippen MR) is 46.6 cm³/mol. The van der Waals surface area contributed by atoms with Crippen LogP contribution in [0.2, 0.25) is 0 Å². The van der Waals surface area contributed by atoms with Crippen LogP contribution in [0.3, 0.4) is 0 Å². The van der Waals surface area contributed by atoms with Crippen LogP contribution >= 0.6 is 12.2 Å². The van der Waals surface area contributed by atoms with Crippen LogP contribution in [0.5, 0.6) is 0 Å². The first-order valence-electron chi connectivity index (χ1n) is 3.76. The minimum Gasteiger partial charge on any atom is -0.391 e. The van der Waals surface area contributed by atoms with Gasteiger partial charge in [0.05, 0.1) is 17.7 Å². The second kappa shape index (κ2) is 4.64. The van der Waals surface area contributed by atoms with Gasteiger partial charge in [-0.2, -0.15) is 0 Å². The van der Waals surface area contributed by atoms with Gasteiger partial charge in [0.25, 0.3) is 0 Å². The van der Waals surface area contributed by atoms with Gasteiger partial charge in [0.2, 0.25) is 0 Å². The molecule has 1 fully saturated rings. The number of hydrogen-bond acceptors (Lipinski definition) is 3. The molecule has 64 valence electrons. The SMILES string of the molecule is NC(=S)COC1CCOCC1. The van der Waals surface area contributed by atoms with Crippen molar-refractivity contribution in [2.24, 2.45) is 5.73 Å². The van der Waals surface area contributed by atoms with Gasteiger partial charge in [0.15, 0.2) is 0 Å². The molecule has 0 aromatic rings. The van der Waals surface area contributed by atoms with Crippen molar-refractivity contribution in [3.8, 4) is 0 Å². The molecule has 0 spiro atoms. The molecule has 1 saturated heterocycles. The van der Waals surface area contributed by atoms with E-state index >= 15 is 0 Å². The Morgan fingerprint density at radius 3 is 2.73 bits per heavy atom. The summed E-state index contributed by atoms with van der Waals surface area (Å²) in [5.74, 6) is 0. The van der Waals surface area contributed by atoms with Gasteiger partial charge >= 0.3 is 0 Å². The number of nitrogens with two attached hydrogens (primary N) is 1. The Hall–Kier alpha value is -0.190. The van der Waals surface area contributed by atoms with Crippen LogP contribution in [0, 0.1) is 0 Å². The number of rotatable bonds is 3. The molecular formula is C7H13NO2S. The monoisotopic (exact) mass is 175 g/mol. The van der Waals surface area contributed by atoms with Crippen LogP contribution in [-0.4, -0.2) is 30.9 Å². The summed E-state index contributed by atoms with van der Waals surface area (Å²) in [4.78, 5) is 0.427. The zero-order chi connectivity index (χ0) is 8.10. The molecule has 0 unspecified atom stereocenters. The van der Waals surface area contributed by atoms with Crippen LogP contribution in [-0.2, 0) is 9.47 Å². The standard InChI is InChI=1S/C7H13NO2S/c8-7(11)5-10-6-1-3-9-4-2-6/h6H,1-5H2,(H2,8,11). The second-order valence-electron chi connectivity index (χ2n) is 2.59. The fourth-order valence-corrected chi connectivity index (χ4v) is 1.11. The number of thiocarbonyl (C=S) groups is 1. The molecule has 0 aromatic heterocycles. The Morgan fingerprint density at radius 1 is 1.55 bits per heavy atom. The third-order valence-corrected chi connectivity index (χ3v) is 1.75. The van der Waals surface area contributed by atoms with E-state index in [9.17, 15) is 0 Å². The van der Waals surface area contributed by atoms with Gasteiger partial charge in [-0.15, -0.1) is 0 Å². The zero-order valence-electron chi connectivity index (χ0n) is 6.41. The smallest absolute Gasteiger partial charge is 0.0989 e. The summed E-state index contributed by atoms with van der Waals surface area (Å²) in [6.07, 6.45) is 2.22. The van der Waals surface area contributed by atoms with Gasteiger partial charge in [-0.3, -0.25) is 0 Å². The molecule has 1 aliphatic rings. The first-order valence-corrected chi connectivity index (χ1v) is 4.17. The molecule has 0 radical (unpaired) electrons. The average Bonchev–Trinajstić information content (AvgIpc) is 2.03. The maximum absolute atomic E-state index is 5.40. The van der Waals surface area contributed by atoms with Gasteiger partial charge in [-0.1, -0.05) is 12.2 Å². The lowest BCUT2D eigenvalue weighted by Gasteiger charge is -2.21. The van der Waals surface area contributed by atoms with Crippen molar-refractivity contribution in [1.29, 1.82) is 0 Å². The largest absolute Gasteiger partial charge is 0.391 e. The van der Waals surface area contributed by atoms with Crippen molar-refractivity contribution < 1.29 is 9.47 Å². The van der Waals surface area contributed by atoms with Gasteiger partial charge in [0, 0.05) is 13.2 Å². The minimum absolute atomic E-state index is 0.297. The van der Waals surface area contributed by atoms with E-state index in [1.807, 2.05) is 0 Å². The molecule has 0 aliphatic carbocycles. The Kier molecular flexibility index (Phi) is 3.76. The summed E-state index contributed by atoms with van der Waals surface area (Å²) in [7, 11) is 0. The summed E-state index contributed by atoms with van der Waals surface area (Å²) < 4.78 is 10.6.